The van der Waals surface area contributed by atoms with Crippen molar-refractivity contribution in [1.29, 1.82) is 0 Å². The largest absolute Gasteiger partial charge is 0.495 e. The van der Waals surface area contributed by atoms with Crippen molar-refractivity contribution in [1.82, 2.24) is 5.32 Å². The monoisotopic (exact) mass is 238 g/mol. The second-order valence-corrected chi connectivity index (χ2v) is 3.68. The average molecular weight is 238 g/mol. The number of nitrogen functional groups attached to an aromatic ring is 1. The maximum atomic E-state index is 11.9. The Balaban J connectivity index is 2.89. The number of nitrogens with one attached hydrogen (secondary N) is 1. The number of hydrogen-bond donors (Lipinski definition) is 3. The molecule has 0 heterocycles. The van der Waals surface area contributed by atoms with Crippen LogP contribution >= 0.6 is 0 Å². The number of carbonyl (C=O) groups is 1. The zero-order valence-electron chi connectivity index (χ0n) is 10.1. The first kappa shape index (κ1) is 13.3. The van der Waals surface area contributed by atoms with Gasteiger partial charge in [-0.1, -0.05) is 13.0 Å². The van der Waals surface area contributed by atoms with Crippen molar-refractivity contribution in [2.75, 3.05) is 19.5 Å². The maximum absolute atomic E-state index is 11.9. The molecule has 5 heteroatoms. The Morgan fingerprint density at radius 3 is 2.82 bits per heavy atom. The zero-order chi connectivity index (χ0) is 12.8. The molecule has 1 aromatic carbocycles. The molecule has 1 aromatic rings. The minimum absolute atomic E-state index is 0.0912. The number of para-hydroxylation sites is 1. The molecule has 1 atom stereocenters. The number of methoxy groups -OCH3 is 1. The molecule has 0 aromatic heterocycles. The van der Waals surface area contributed by atoms with E-state index in [0.717, 1.165) is 0 Å². The fourth-order valence-corrected chi connectivity index (χ4v) is 1.46. The van der Waals surface area contributed by atoms with Crippen LogP contribution in [0.3, 0.4) is 0 Å². The quantitative estimate of drug-likeness (QED) is 0.662. The summed E-state index contributed by atoms with van der Waals surface area (Å²) >= 11 is 0. The van der Waals surface area contributed by atoms with E-state index in [2.05, 4.69) is 5.32 Å². The summed E-state index contributed by atoms with van der Waals surface area (Å²) < 4.78 is 5.04. The molecule has 0 aliphatic heterocycles. The molecule has 0 aliphatic rings. The van der Waals surface area contributed by atoms with E-state index in [0.29, 0.717) is 23.4 Å². The van der Waals surface area contributed by atoms with Gasteiger partial charge in [0.15, 0.2) is 0 Å². The number of aliphatic hydroxyl groups excluding tert-OH is 1. The number of anilines is 1. The van der Waals surface area contributed by atoms with Gasteiger partial charge < -0.3 is 20.9 Å². The van der Waals surface area contributed by atoms with E-state index in [1.54, 1.807) is 18.2 Å². The molecular formula is C12H18N2O3. The lowest BCUT2D eigenvalue weighted by atomic mass is 10.1. The maximum Gasteiger partial charge on any atom is 0.253 e. The van der Waals surface area contributed by atoms with E-state index >= 15 is 0 Å². The molecule has 1 rings (SSSR count). The van der Waals surface area contributed by atoms with Crippen LogP contribution in [0.15, 0.2) is 18.2 Å². The molecule has 1 amide bonds. The van der Waals surface area contributed by atoms with Crippen LogP contribution in [-0.4, -0.2) is 30.8 Å². The van der Waals surface area contributed by atoms with Gasteiger partial charge in [0.25, 0.3) is 5.91 Å². The van der Waals surface area contributed by atoms with Gasteiger partial charge in [0.1, 0.15) is 5.75 Å². The van der Waals surface area contributed by atoms with Gasteiger partial charge in [-0.05, 0) is 18.6 Å². The van der Waals surface area contributed by atoms with Crippen molar-refractivity contribution < 1.29 is 14.6 Å². The van der Waals surface area contributed by atoms with Crippen molar-refractivity contribution in [3.63, 3.8) is 0 Å². The van der Waals surface area contributed by atoms with Crippen LogP contribution in [0.25, 0.3) is 0 Å². The molecule has 4 N–H and O–H groups in total. The van der Waals surface area contributed by atoms with Crippen LogP contribution < -0.4 is 15.8 Å². The Morgan fingerprint density at radius 2 is 2.29 bits per heavy atom. The number of amides is 1. The van der Waals surface area contributed by atoms with Crippen molar-refractivity contribution >= 4 is 11.6 Å². The average Bonchev–Trinajstić information content (AvgIpc) is 2.35. The van der Waals surface area contributed by atoms with Gasteiger partial charge in [-0.2, -0.15) is 0 Å². The predicted octanol–water partition coefficient (Wildman–Crippen LogP) is 0.778. The minimum atomic E-state index is -0.303. The molecule has 0 saturated carbocycles. The van der Waals surface area contributed by atoms with Crippen LogP contribution in [0.1, 0.15) is 23.7 Å². The normalized spacial score (nSPS) is 11.9. The van der Waals surface area contributed by atoms with Gasteiger partial charge in [-0.15, -0.1) is 0 Å². The van der Waals surface area contributed by atoms with Crippen molar-refractivity contribution in [3.8, 4) is 5.75 Å². The number of nitrogens with two attached hydrogens (primary N) is 1. The lowest BCUT2D eigenvalue weighted by Gasteiger charge is -2.15. The number of ether oxygens (including phenoxy) is 1. The molecule has 0 bridgehead atoms. The Hall–Kier alpha value is -1.75. The fourth-order valence-electron chi connectivity index (χ4n) is 1.46. The topological polar surface area (TPSA) is 84.6 Å². The summed E-state index contributed by atoms with van der Waals surface area (Å²) in [6.07, 6.45) is 0.659. The van der Waals surface area contributed by atoms with E-state index in [9.17, 15) is 4.79 Å². The van der Waals surface area contributed by atoms with Crippen LogP contribution in [0.5, 0.6) is 5.75 Å². The molecule has 17 heavy (non-hydrogen) atoms. The van der Waals surface area contributed by atoms with Gasteiger partial charge >= 0.3 is 0 Å². The van der Waals surface area contributed by atoms with E-state index in [-0.39, 0.29) is 18.6 Å². The first-order valence-electron chi connectivity index (χ1n) is 5.48. The highest BCUT2D eigenvalue weighted by molar-refractivity contribution is 6.00. The standard InChI is InChI=1S/C12H18N2O3/c1-3-8(7-15)14-12(16)9-5-4-6-10(17-2)11(9)13/h4-6,8,15H,3,7,13H2,1-2H3,(H,14,16). The summed E-state index contributed by atoms with van der Waals surface area (Å²) in [6, 6.07) is 4.75. The molecule has 94 valence electrons. The zero-order valence-corrected chi connectivity index (χ0v) is 10.1. The SMILES string of the molecule is CCC(CO)NC(=O)c1cccc(OC)c1N. The number of aliphatic hydroxyl groups is 1. The molecule has 0 aliphatic carbocycles. The van der Waals surface area contributed by atoms with Crippen molar-refractivity contribution in [2.24, 2.45) is 0 Å². The van der Waals surface area contributed by atoms with Gasteiger partial charge in [-0.25, -0.2) is 0 Å². The lowest BCUT2D eigenvalue weighted by molar-refractivity contribution is 0.0915. The van der Waals surface area contributed by atoms with Gasteiger partial charge in [0.2, 0.25) is 0 Å². The first-order chi connectivity index (χ1) is 8.13. The summed E-state index contributed by atoms with van der Waals surface area (Å²) in [5.74, 6) is 0.164. The molecule has 1 unspecified atom stereocenters. The third-order valence-corrected chi connectivity index (χ3v) is 2.58. The molecular weight excluding hydrogens is 220 g/mol. The lowest BCUT2D eigenvalue weighted by Crippen LogP contribution is -2.37. The number of carbonyl (C=O) groups excluding carboxylic acids is 1. The molecule has 0 saturated heterocycles. The number of benzene rings is 1. The second kappa shape index (κ2) is 6.10. The summed E-state index contributed by atoms with van der Waals surface area (Å²) in [6.45, 7) is 1.79. The Bertz CT molecular complexity index is 389. The molecule has 0 fully saturated rings. The Labute approximate surface area is 101 Å². The smallest absolute Gasteiger partial charge is 0.253 e. The Kier molecular flexibility index (Phi) is 4.78. The van der Waals surface area contributed by atoms with E-state index < -0.39 is 0 Å². The summed E-state index contributed by atoms with van der Waals surface area (Å²) in [5, 5.41) is 11.7. The minimum Gasteiger partial charge on any atom is -0.495 e. The predicted molar refractivity (Wildman–Crippen MR) is 66.0 cm³/mol. The first-order valence-corrected chi connectivity index (χ1v) is 5.48. The van der Waals surface area contributed by atoms with Crippen LogP contribution in [0.2, 0.25) is 0 Å². The van der Waals surface area contributed by atoms with E-state index in [1.165, 1.54) is 7.11 Å². The van der Waals surface area contributed by atoms with Gasteiger partial charge in [0.05, 0.1) is 31.0 Å². The van der Waals surface area contributed by atoms with Crippen LogP contribution in [-0.2, 0) is 0 Å². The highest BCUT2D eigenvalue weighted by Gasteiger charge is 2.15. The Morgan fingerprint density at radius 1 is 1.59 bits per heavy atom. The van der Waals surface area contributed by atoms with Crippen molar-refractivity contribution in [2.45, 2.75) is 19.4 Å². The van der Waals surface area contributed by atoms with Crippen molar-refractivity contribution in [3.05, 3.63) is 23.8 Å². The summed E-state index contributed by atoms with van der Waals surface area (Å²) in [4.78, 5) is 11.9. The van der Waals surface area contributed by atoms with Gasteiger partial charge in [0, 0.05) is 0 Å². The highest BCUT2D eigenvalue weighted by Crippen LogP contribution is 2.24. The van der Waals surface area contributed by atoms with Crippen LogP contribution in [0.4, 0.5) is 5.69 Å². The number of rotatable bonds is 5. The van der Waals surface area contributed by atoms with Crippen LogP contribution in [0, 0.1) is 0 Å². The number of hydrogen-bond acceptors (Lipinski definition) is 4. The third-order valence-electron chi connectivity index (χ3n) is 2.58. The fraction of sp³-hybridized carbons (Fsp3) is 0.417. The third kappa shape index (κ3) is 3.10. The molecule has 0 radical (unpaired) electrons. The molecule has 0 spiro atoms. The molecule has 5 nitrogen and oxygen atoms in total. The van der Waals surface area contributed by atoms with E-state index in [1.807, 2.05) is 6.92 Å². The highest BCUT2D eigenvalue weighted by atomic mass is 16.5. The van der Waals surface area contributed by atoms with E-state index in [4.69, 9.17) is 15.6 Å². The summed E-state index contributed by atoms with van der Waals surface area (Å²) in [5.41, 5.74) is 6.47. The van der Waals surface area contributed by atoms with Gasteiger partial charge in [-0.3, -0.25) is 4.79 Å². The summed E-state index contributed by atoms with van der Waals surface area (Å²) in [7, 11) is 1.50. The second-order valence-electron chi connectivity index (χ2n) is 3.68.